The first-order chi connectivity index (χ1) is 19.6. The van der Waals surface area contributed by atoms with Crippen molar-refractivity contribution in [2.45, 2.75) is 19.8 Å². The predicted molar refractivity (Wildman–Crippen MR) is 150 cm³/mol. The number of hydrogen-bond acceptors (Lipinski definition) is 7. The zero-order chi connectivity index (χ0) is 27.4. The Hall–Kier alpha value is -5.18. The van der Waals surface area contributed by atoms with Crippen molar-refractivity contribution in [3.63, 3.8) is 0 Å². The second-order valence-corrected chi connectivity index (χ2v) is 9.74. The molecule has 3 aromatic carbocycles. The topological polar surface area (TPSA) is 88.6 Å². The number of fused-ring (bicyclic) bond motifs is 4. The van der Waals surface area contributed by atoms with Gasteiger partial charge in [-0.15, -0.1) is 5.10 Å². The van der Waals surface area contributed by atoms with Crippen LogP contribution in [0, 0.1) is 13.8 Å². The van der Waals surface area contributed by atoms with E-state index >= 15 is 0 Å². The molecule has 3 aromatic heterocycles. The van der Waals surface area contributed by atoms with Crippen LogP contribution in [0.15, 0.2) is 79.1 Å². The molecule has 9 nitrogen and oxygen atoms in total. The van der Waals surface area contributed by atoms with Gasteiger partial charge in [0.15, 0.2) is 23.0 Å². The SMILES string of the molecule is COc1ccc([C@@H]2c3c(C)nn(-c4ccccc4)c3Oc3ncn4nc(-c5cccc(C)c5)nc4c32)cc1OC. The third-order valence-electron chi connectivity index (χ3n) is 7.24. The molecule has 0 radical (unpaired) electrons. The Balaban J connectivity index is 1.50. The van der Waals surface area contributed by atoms with Gasteiger partial charge in [-0.3, -0.25) is 0 Å². The fraction of sp³-hybridized carbons (Fsp3) is 0.161. The molecule has 1 atom stereocenters. The number of nitrogens with zero attached hydrogens (tertiary/aromatic N) is 6. The number of methoxy groups -OCH3 is 2. The highest BCUT2D eigenvalue weighted by molar-refractivity contribution is 5.69. The highest BCUT2D eigenvalue weighted by Gasteiger charge is 2.38. The molecule has 0 spiro atoms. The Morgan fingerprint density at radius 3 is 2.42 bits per heavy atom. The van der Waals surface area contributed by atoms with Gasteiger partial charge in [-0.1, -0.05) is 48.0 Å². The average Bonchev–Trinajstić information content (AvgIpc) is 3.57. The van der Waals surface area contributed by atoms with Crippen molar-refractivity contribution in [1.82, 2.24) is 29.4 Å². The molecule has 198 valence electrons. The third kappa shape index (κ3) is 3.70. The fourth-order valence-electron chi connectivity index (χ4n) is 5.39. The number of benzene rings is 3. The minimum Gasteiger partial charge on any atom is -0.493 e. The maximum Gasteiger partial charge on any atom is 0.230 e. The third-order valence-corrected chi connectivity index (χ3v) is 7.24. The minimum atomic E-state index is -0.304. The van der Waals surface area contributed by atoms with E-state index < -0.39 is 0 Å². The van der Waals surface area contributed by atoms with Crippen LogP contribution in [-0.4, -0.2) is 43.6 Å². The van der Waals surface area contributed by atoms with Crippen LogP contribution in [0.4, 0.5) is 0 Å². The van der Waals surface area contributed by atoms with Crippen molar-refractivity contribution in [2.75, 3.05) is 14.2 Å². The lowest BCUT2D eigenvalue weighted by Gasteiger charge is -2.26. The normalized spacial score (nSPS) is 13.9. The molecule has 1 aliphatic rings. The van der Waals surface area contributed by atoms with Crippen LogP contribution < -0.4 is 14.2 Å². The lowest BCUT2D eigenvalue weighted by molar-refractivity contribution is 0.354. The van der Waals surface area contributed by atoms with Crippen LogP contribution in [0.1, 0.15) is 33.9 Å². The predicted octanol–water partition coefficient (Wildman–Crippen LogP) is 5.90. The van der Waals surface area contributed by atoms with Gasteiger partial charge < -0.3 is 14.2 Å². The first kappa shape index (κ1) is 23.9. The number of aromatic nitrogens is 6. The zero-order valence-electron chi connectivity index (χ0n) is 22.5. The molecular formula is C31H26N6O3. The van der Waals surface area contributed by atoms with Gasteiger partial charge in [-0.05, 0) is 49.7 Å². The summed E-state index contributed by atoms with van der Waals surface area (Å²) in [6, 6.07) is 24.0. The molecule has 0 saturated heterocycles. The molecule has 6 aromatic rings. The monoisotopic (exact) mass is 530 g/mol. The van der Waals surface area contributed by atoms with Crippen molar-refractivity contribution in [2.24, 2.45) is 0 Å². The van der Waals surface area contributed by atoms with E-state index in [1.54, 1.807) is 25.1 Å². The van der Waals surface area contributed by atoms with Crippen LogP contribution in [-0.2, 0) is 0 Å². The number of rotatable bonds is 5. The first-order valence-electron chi connectivity index (χ1n) is 12.9. The van der Waals surface area contributed by atoms with E-state index in [2.05, 4.69) is 19.1 Å². The smallest absolute Gasteiger partial charge is 0.230 e. The van der Waals surface area contributed by atoms with Crippen molar-refractivity contribution in [3.8, 4) is 40.3 Å². The highest BCUT2D eigenvalue weighted by atomic mass is 16.5. The van der Waals surface area contributed by atoms with E-state index in [0.717, 1.165) is 39.2 Å². The van der Waals surface area contributed by atoms with Gasteiger partial charge >= 0.3 is 0 Å². The highest BCUT2D eigenvalue weighted by Crippen LogP contribution is 2.50. The Bertz CT molecular complexity index is 1890. The lowest BCUT2D eigenvalue weighted by atomic mass is 9.84. The summed E-state index contributed by atoms with van der Waals surface area (Å²) in [6.07, 6.45) is 1.65. The second-order valence-electron chi connectivity index (χ2n) is 9.74. The second kappa shape index (κ2) is 9.23. The van der Waals surface area contributed by atoms with E-state index in [1.807, 2.05) is 72.3 Å². The number of hydrogen-bond donors (Lipinski definition) is 0. The summed E-state index contributed by atoms with van der Waals surface area (Å²) in [5.74, 6) is 2.67. The Kier molecular flexibility index (Phi) is 5.52. The zero-order valence-corrected chi connectivity index (χ0v) is 22.5. The van der Waals surface area contributed by atoms with E-state index in [0.29, 0.717) is 34.7 Å². The van der Waals surface area contributed by atoms with Crippen molar-refractivity contribution in [1.29, 1.82) is 0 Å². The summed E-state index contributed by atoms with van der Waals surface area (Å²) >= 11 is 0. The molecular weight excluding hydrogens is 504 g/mol. The Morgan fingerprint density at radius 1 is 0.825 bits per heavy atom. The molecule has 9 heteroatoms. The van der Waals surface area contributed by atoms with Crippen LogP contribution in [0.5, 0.6) is 23.3 Å². The maximum absolute atomic E-state index is 6.53. The van der Waals surface area contributed by atoms with Gasteiger partial charge in [-0.2, -0.15) is 5.10 Å². The van der Waals surface area contributed by atoms with Crippen LogP contribution in [0.2, 0.25) is 0 Å². The van der Waals surface area contributed by atoms with E-state index in [9.17, 15) is 0 Å². The van der Waals surface area contributed by atoms with Crippen molar-refractivity contribution >= 4 is 5.65 Å². The molecule has 40 heavy (non-hydrogen) atoms. The van der Waals surface area contributed by atoms with Crippen LogP contribution in [0.3, 0.4) is 0 Å². The quantitative estimate of drug-likeness (QED) is 0.274. The molecule has 0 amide bonds. The average molecular weight is 531 g/mol. The number of para-hydroxylation sites is 1. The van der Waals surface area contributed by atoms with Crippen molar-refractivity contribution in [3.05, 3.63) is 107 Å². The lowest BCUT2D eigenvalue weighted by Crippen LogP contribution is -2.16. The van der Waals surface area contributed by atoms with E-state index in [1.165, 1.54) is 0 Å². The van der Waals surface area contributed by atoms with E-state index in [4.69, 9.17) is 34.4 Å². The molecule has 7 rings (SSSR count). The van der Waals surface area contributed by atoms with Crippen molar-refractivity contribution < 1.29 is 14.2 Å². The molecule has 1 aliphatic heterocycles. The molecule has 0 fully saturated rings. The summed E-state index contributed by atoms with van der Waals surface area (Å²) in [5, 5.41) is 9.68. The van der Waals surface area contributed by atoms with E-state index in [-0.39, 0.29) is 5.92 Å². The molecule has 0 saturated carbocycles. The largest absolute Gasteiger partial charge is 0.493 e. The van der Waals surface area contributed by atoms with Gasteiger partial charge in [0.2, 0.25) is 11.8 Å². The van der Waals surface area contributed by atoms with Crippen LogP contribution >= 0.6 is 0 Å². The summed E-state index contributed by atoms with van der Waals surface area (Å²) in [5.41, 5.74) is 7.18. The fourth-order valence-corrected chi connectivity index (χ4v) is 5.39. The summed E-state index contributed by atoms with van der Waals surface area (Å²) in [7, 11) is 3.26. The van der Waals surface area contributed by atoms with Gasteiger partial charge in [0.25, 0.3) is 0 Å². The molecule has 0 unspecified atom stereocenters. The number of aryl methyl sites for hydroxylation is 2. The molecule has 0 bridgehead atoms. The van der Waals surface area contributed by atoms with Crippen LogP contribution in [0.25, 0.3) is 22.7 Å². The van der Waals surface area contributed by atoms with Gasteiger partial charge in [-0.25, -0.2) is 19.2 Å². The Labute approximate surface area is 230 Å². The molecule has 4 heterocycles. The Morgan fingerprint density at radius 2 is 1.65 bits per heavy atom. The summed E-state index contributed by atoms with van der Waals surface area (Å²) in [6.45, 7) is 4.05. The minimum absolute atomic E-state index is 0.304. The summed E-state index contributed by atoms with van der Waals surface area (Å²) in [4.78, 5) is 9.71. The standard InChI is InChI=1S/C31H26N6O3/c1-18-9-8-10-21(15-18)28-33-29-27-26(20-13-14-23(38-3)24(16-20)39-4)25-19(2)34-37(22-11-6-5-7-12-22)31(25)40-30(27)32-17-36(29)35-28/h5-17,26H,1-4H3/t26-/m1/s1. The van der Waals surface area contributed by atoms with Gasteiger partial charge in [0, 0.05) is 5.56 Å². The first-order valence-corrected chi connectivity index (χ1v) is 12.9. The molecule has 0 N–H and O–H groups in total. The summed E-state index contributed by atoms with van der Waals surface area (Å²) < 4.78 is 21.3. The van der Waals surface area contributed by atoms with Gasteiger partial charge in [0.1, 0.15) is 6.33 Å². The van der Waals surface area contributed by atoms with Gasteiger partial charge in [0.05, 0.1) is 42.6 Å². The number of ether oxygens (including phenoxy) is 3. The molecule has 0 aliphatic carbocycles. The maximum atomic E-state index is 6.53.